The van der Waals surface area contributed by atoms with Crippen LogP contribution in [0.5, 0.6) is 5.75 Å². The number of nitrogens with zero attached hydrogens (tertiary/aromatic N) is 1. The van der Waals surface area contributed by atoms with E-state index in [4.69, 9.17) is 4.74 Å². The van der Waals surface area contributed by atoms with Crippen LogP contribution < -0.4 is 10.1 Å². The second-order valence-corrected chi connectivity index (χ2v) is 4.11. The Kier molecular flexibility index (Phi) is 5.85. The molecule has 0 heterocycles. The third kappa shape index (κ3) is 4.62. The first-order chi connectivity index (χ1) is 9.08. The largest absolute Gasteiger partial charge is 0.494 e. The molecule has 5 nitrogen and oxygen atoms in total. The summed E-state index contributed by atoms with van der Waals surface area (Å²) in [6.07, 6.45) is 0.296. The third-order valence-corrected chi connectivity index (χ3v) is 2.69. The summed E-state index contributed by atoms with van der Waals surface area (Å²) in [5.41, 5.74) is 0.561. The van der Waals surface area contributed by atoms with Crippen molar-refractivity contribution in [2.24, 2.45) is 0 Å². The van der Waals surface area contributed by atoms with Gasteiger partial charge in [-0.2, -0.15) is 0 Å². The van der Waals surface area contributed by atoms with E-state index in [1.165, 1.54) is 4.90 Å². The van der Waals surface area contributed by atoms with Crippen molar-refractivity contribution in [1.29, 1.82) is 0 Å². The zero-order chi connectivity index (χ0) is 14.3. The molecule has 0 radical (unpaired) electrons. The van der Waals surface area contributed by atoms with E-state index in [1.54, 1.807) is 32.3 Å². The number of carbonyl (C=O) groups excluding carboxylic acids is 2. The van der Waals surface area contributed by atoms with Crippen LogP contribution in [-0.4, -0.2) is 44.0 Å². The van der Waals surface area contributed by atoms with Crippen molar-refractivity contribution in [2.45, 2.75) is 13.3 Å². The Morgan fingerprint density at radius 3 is 2.74 bits per heavy atom. The van der Waals surface area contributed by atoms with E-state index in [2.05, 4.69) is 5.32 Å². The highest BCUT2D eigenvalue weighted by molar-refractivity contribution is 5.94. The van der Waals surface area contributed by atoms with Gasteiger partial charge in [-0.25, -0.2) is 0 Å². The molecule has 0 aliphatic rings. The summed E-state index contributed by atoms with van der Waals surface area (Å²) in [4.78, 5) is 24.8. The predicted octanol–water partition coefficient (Wildman–Crippen LogP) is 1.29. The Balaban J connectivity index is 2.65. The van der Waals surface area contributed by atoms with Gasteiger partial charge in [0.05, 0.1) is 6.61 Å². The molecule has 0 bridgehead atoms. The lowest BCUT2D eigenvalue weighted by Gasteiger charge is -2.17. The van der Waals surface area contributed by atoms with Gasteiger partial charge in [-0.05, 0) is 25.1 Å². The van der Waals surface area contributed by atoms with Gasteiger partial charge < -0.3 is 15.0 Å². The molecule has 1 aromatic rings. The maximum absolute atomic E-state index is 12.1. The first kappa shape index (κ1) is 15.0. The fourth-order valence-corrected chi connectivity index (χ4v) is 1.60. The average molecular weight is 264 g/mol. The van der Waals surface area contributed by atoms with Crippen molar-refractivity contribution < 1.29 is 14.3 Å². The minimum atomic E-state index is -0.120. The van der Waals surface area contributed by atoms with Crippen LogP contribution in [0.4, 0.5) is 0 Å². The first-order valence-corrected chi connectivity index (χ1v) is 6.27. The molecule has 0 aliphatic carbocycles. The highest BCUT2D eigenvalue weighted by Gasteiger charge is 2.13. The topological polar surface area (TPSA) is 58.6 Å². The Labute approximate surface area is 113 Å². The van der Waals surface area contributed by atoms with Crippen LogP contribution >= 0.6 is 0 Å². The molecular weight excluding hydrogens is 244 g/mol. The highest BCUT2D eigenvalue weighted by Crippen LogP contribution is 2.14. The minimum Gasteiger partial charge on any atom is -0.494 e. The fraction of sp³-hybridized carbons (Fsp3) is 0.429. The zero-order valence-corrected chi connectivity index (χ0v) is 11.6. The van der Waals surface area contributed by atoms with Crippen molar-refractivity contribution >= 4 is 11.8 Å². The molecule has 0 saturated heterocycles. The van der Waals surface area contributed by atoms with E-state index in [-0.39, 0.29) is 11.8 Å². The summed E-state index contributed by atoms with van der Waals surface area (Å²) < 4.78 is 5.36. The number of carbonyl (C=O) groups is 2. The molecular formula is C14H20N2O3. The van der Waals surface area contributed by atoms with Crippen molar-refractivity contribution in [3.05, 3.63) is 29.8 Å². The van der Waals surface area contributed by atoms with Crippen LogP contribution in [0.3, 0.4) is 0 Å². The molecule has 0 aromatic heterocycles. The quantitative estimate of drug-likeness (QED) is 0.842. The molecule has 0 fully saturated rings. The van der Waals surface area contributed by atoms with Crippen molar-refractivity contribution in [1.82, 2.24) is 10.2 Å². The standard InChI is InChI=1S/C14H20N2O3/c1-4-19-12-7-5-6-11(10-12)14(18)16(3)9-8-13(17)15-2/h5-7,10H,4,8-9H2,1-3H3,(H,15,17). The molecule has 0 aliphatic heterocycles. The normalized spacial score (nSPS) is 9.84. The maximum Gasteiger partial charge on any atom is 0.253 e. The molecule has 19 heavy (non-hydrogen) atoms. The minimum absolute atomic E-state index is 0.0808. The molecule has 2 amide bonds. The number of benzene rings is 1. The molecule has 5 heteroatoms. The van der Waals surface area contributed by atoms with E-state index in [9.17, 15) is 9.59 Å². The van der Waals surface area contributed by atoms with Gasteiger partial charge in [-0.3, -0.25) is 9.59 Å². The molecule has 0 atom stereocenters. The van der Waals surface area contributed by atoms with Gasteiger partial charge in [0.15, 0.2) is 0 Å². The van der Waals surface area contributed by atoms with Gasteiger partial charge in [0, 0.05) is 32.6 Å². The number of amides is 2. The van der Waals surface area contributed by atoms with Crippen molar-refractivity contribution in [3.8, 4) is 5.75 Å². The number of hydrogen-bond donors (Lipinski definition) is 1. The van der Waals surface area contributed by atoms with E-state index in [1.807, 2.05) is 13.0 Å². The smallest absolute Gasteiger partial charge is 0.253 e. The van der Waals surface area contributed by atoms with Crippen LogP contribution in [0.1, 0.15) is 23.7 Å². The summed E-state index contributed by atoms with van der Waals surface area (Å²) >= 11 is 0. The lowest BCUT2D eigenvalue weighted by Crippen LogP contribution is -2.31. The van der Waals surface area contributed by atoms with Crippen LogP contribution in [0.2, 0.25) is 0 Å². The number of hydrogen-bond acceptors (Lipinski definition) is 3. The molecule has 0 spiro atoms. The predicted molar refractivity (Wildman–Crippen MR) is 73.3 cm³/mol. The van der Waals surface area contributed by atoms with Crippen molar-refractivity contribution in [3.63, 3.8) is 0 Å². The highest BCUT2D eigenvalue weighted by atomic mass is 16.5. The SMILES string of the molecule is CCOc1cccc(C(=O)N(C)CCC(=O)NC)c1. The second kappa shape index (κ2) is 7.41. The maximum atomic E-state index is 12.1. The van der Waals surface area contributed by atoms with Gasteiger partial charge >= 0.3 is 0 Å². The summed E-state index contributed by atoms with van der Waals surface area (Å²) in [5, 5.41) is 2.53. The number of rotatable bonds is 6. The number of ether oxygens (including phenoxy) is 1. The molecule has 104 valence electrons. The van der Waals surface area contributed by atoms with Crippen LogP contribution in [0.15, 0.2) is 24.3 Å². The molecule has 0 saturated carbocycles. The Hall–Kier alpha value is -2.04. The molecule has 1 rings (SSSR count). The van der Waals surface area contributed by atoms with Gasteiger partial charge in [0.25, 0.3) is 5.91 Å². The van der Waals surface area contributed by atoms with Crippen LogP contribution in [0, 0.1) is 0 Å². The summed E-state index contributed by atoms with van der Waals surface area (Å²) in [5.74, 6) is 0.473. The lowest BCUT2D eigenvalue weighted by atomic mass is 10.2. The summed E-state index contributed by atoms with van der Waals surface area (Å²) in [7, 11) is 3.26. The van der Waals surface area contributed by atoms with Gasteiger partial charge in [0.2, 0.25) is 5.91 Å². The Bertz CT molecular complexity index is 446. The van der Waals surface area contributed by atoms with E-state index in [0.717, 1.165) is 0 Å². The lowest BCUT2D eigenvalue weighted by molar-refractivity contribution is -0.120. The third-order valence-electron chi connectivity index (χ3n) is 2.69. The summed E-state index contributed by atoms with van der Waals surface area (Å²) in [6.45, 7) is 2.84. The second-order valence-electron chi connectivity index (χ2n) is 4.11. The Morgan fingerprint density at radius 2 is 2.11 bits per heavy atom. The molecule has 1 aromatic carbocycles. The van der Waals surface area contributed by atoms with Crippen LogP contribution in [0.25, 0.3) is 0 Å². The van der Waals surface area contributed by atoms with E-state index >= 15 is 0 Å². The fourth-order valence-electron chi connectivity index (χ4n) is 1.60. The summed E-state index contributed by atoms with van der Waals surface area (Å²) in [6, 6.07) is 7.04. The van der Waals surface area contributed by atoms with E-state index in [0.29, 0.717) is 30.9 Å². The molecule has 1 N–H and O–H groups in total. The number of nitrogens with one attached hydrogen (secondary N) is 1. The molecule has 0 unspecified atom stereocenters. The van der Waals surface area contributed by atoms with Crippen LogP contribution in [-0.2, 0) is 4.79 Å². The van der Waals surface area contributed by atoms with E-state index < -0.39 is 0 Å². The monoisotopic (exact) mass is 264 g/mol. The van der Waals surface area contributed by atoms with Gasteiger partial charge in [-0.1, -0.05) is 6.07 Å². The Morgan fingerprint density at radius 1 is 1.37 bits per heavy atom. The first-order valence-electron chi connectivity index (χ1n) is 6.27. The van der Waals surface area contributed by atoms with Gasteiger partial charge in [0.1, 0.15) is 5.75 Å². The van der Waals surface area contributed by atoms with Gasteiger partial charge in [-0.15, -0.1) is 0 Å². The average Bonchev–Trinajstić information content (AvgIpc) is 2.44. The zero-order valence-electron chi connectivity index (χ0n) is 11.6. The van der Waals surface area contributed by atoms with Crippen molar-refractivity contribution in [2.75, 3.05) is 27.2 Å².